The van der Waals surface area contributed by atoms with Crippen molar-refractivity contribution in [1.29, 1.82) is 0 Å². The summed E-state index contributed by atoms with van der Waals surface area (Å²) in [4.78, 5) is 0. The van der Waals surface area contributed by atoms with Gasteiger partial charge in [-0.1, -0.05) is 35.5 Å². The molecule has 0 amide bonds. The highest BCUT2D eigenvalue weighted by Gasteiger charge is 2.06. The summed E-state index contributed by atoms with van der Waals surface area (Å²) in [7, 11) is 0. The zero-order chi connectivity index (χ0) is 15.2. The maximum absolute atomic E-state index is 13.2. The lowest BCUT2D eigenvalue weighted by atomic mass is 10.1. The number of halogens is 1. The third kappa shape index (κ3) is 4.03. The molecule has 4 N–H and O–H groups in total. The van der Waals surface area contributed by atoms with Crippen LogP contribution in [0.5, 0.6) is 0 Å². The lowest BCUT2D eigenvalue weighted by Gasteiger charge is -2.14. The van der Waals surface area contributed by atoms with Crippen LogP contribution < -0.4 is 11.1 Å². The molecule has 0 bridgehead atoms. The van der Waals surface area contributed by atoms with Crippen molar-refractivity contribution in [2.75, 3.05) is 0 Å². The quantitative estimate of drug-likeness (QED) is 0.343. The van der Waals surface area contributed by atoms with Gasteiger partial charge in [0.05, 0.1) is 0 Å². The predicted octanol–water partition coefficient (Wildman–Crippen LogP) is 2.77. The molecular weight excluding hydrogens is 269 g/mol. The fourth-order valence-corrected chi connectivity index (χ4v) is 2.06. The van der Waals surface area contributed by atoms with Crippen molar-refractivity contribution in [2.24, 2.45) is 10.9 Å². The monoisotopic (exact) mass is 287 g/mol. The molecule has 0 unspecified atom stereocenters. The zero-order valence-electron chi connectivity index (χ0n) is 11.8. The van der Waals surface area contributed by atoms with E-state index in [4.69, 9.17) is 10.9 Å². The Hall–Kier alpha value is -2.40. The molecule has 0 aliphatic carbocycles. The van der Waals surface area contributed by atoms with E-state index in [1.807, 2.05) is 31.2 Å². The van der Waals surface area contributed by atoms with Crippen molar-refractivity contribution in [3.05, 3.63) is 71.0 Å². The summed E-state index contributed by atoms with van der Waals surface area (Å²) < 4.78 is 13.2. The van der Waals surface area contributed by atoms with Crippen LogP contribution in [0.4, 0.5) is 4.39 Å². The van der Waals surface area contributed by atoms with E-state index in [-0.39, 0.29) is 17.7 Å². The molecule has 0 heterocycles. The Bertz CT molecular complexity index is 643. The van der Waals surface area contributed by atoms with E-state index in [2.05, 4.69) is 10.5 Å². The molecule has 2 rings (SSSR count). The highest BCUT2D eigenvalue weighted by Crippen LogP contribution is 2.14. The number of oxime groups is 1. The third-order valence-corrected chi connectivity index (χ3v) is 3.29. The first-order valence-corrected chi connectivity index (χ1v) is 6.66. The van der Waals surface area contributed by atoms with Crippen molar-refractivity contribution < 1.29 is 9.60 Å². The Balaban J connectivity index is 2.03. The van der Waals surface area contributed by atoms with E-state index in [1.165, 1.54) is 12.1 Å². The van der Waals surface area contributed by atoms with Crippen molar-refractivity contribution in [3.63, 3.8) is 0 Å². The molecule has 2 aromatic rings. The Kier molecular flexibility index (Phi) is 4.90. The molecular formula is C16H18FN3O. The summed E-state index contributed by atoms with van der Waals surface area (Å²) in [5.74, 6) is -0.162. The van der Waals surface area contributed by atoms with Gasteiger partial charge < -0.3 is 16.3 Å². The highest BCUT2D eigenvalue weighted by molar-refractivity contribution is 5.97. The number of hydrogen-bond acceptors (Lipinski definition) is 3. The van der Waals surface area contributed by atoms with Crippen LogP contribution in [0.15, 0.2) is 53.7 Å². The van der Waals surface area contributed by atoms with Crippen LogP contribution >= 0.6 is 0 Å². The summed E-state index contributed by atoms with van der Waals surface area (Å²) in [6, 6.07) is 14.0. The summed E-state index contributed by atoms with van der Waals surface area (Å²) in [6.45, 7) is 2.58. The van der Waals surface area contributed by atoms with Gasteiger partial charge in [-0.2, -0.15) is 0 Å². The van der Waals surface area contributed by atoms with Crippen molar-refractivity contribution in [3.8, 4) is 0 Å². The molecule has 0 fully saturated rings. The summed E-state index contributed by atoms with van der Waals surface area (Å²) in [5.41, 5.74) is 8.12. The topological polar surface area (TPSA) is 70.6 Å². The van der Waals surface area contributed by atoms with Crippen LogP contribution in [-0.2, 0) is 6.54 Å². The van der Waals surface area contributed by atoms with E-state index in [0.29, 0.717) is 12.1 Å². The summed E-state index contributed by atoms with van der Waals surface area (Å²) >= 11 is 0. The number of nitrogens with one attached hydrogen (secondary N) is 1. The lowest BCUT2D eigenvalue weighted by molar-refractivity contribution is 0.318. The van der Waals surface area contributed by atoms with Crippen LogP contribution in [0.3, 0.4) is 0 Å². The number of nitrogens with two attached hydrogens (primary N) is 1. The molecule has 0 aliphatic rings. The molecule has 0 saturated carbocycles. The summed E-state index contributed by atoms with van der Waals surface area (Å²) in [5, 5.41) is 15.0. The molecule has 4 nitrogen and oxygen atoms in total. The molecule has 110 valence electrons. The maximum atomic E-state index is 13.2. The standard InChI is InChI=1S/C16H18FN3O/c1-11(13-5-3-7-15(17)9-13)19-10-12-4-2-6-14(8-12)16(18)20-21/h2-9,11,19,21H,10H2,1H3,(H2,18,20)/t11-/m0/s1. The fraction of sp³-hybridized carbons (Fsp3) is 0.188. The van der Waals surface area contributed by atoms with E-state index in [9.17, 15) is 4.39 Å². The second kappa shape index (κ2) is 6.85. The van der Waals surface area contributed by atoms with Gasteiger partial charge in [0.15, 0.2) is 5.84 Å². The van der Waals surface area contributed by atoms with E-state index in [0.717, 1.165) is 11.1 Å². The van der Waals surface area contributed by atoms with Gasteiger partial charge >= 0.3 is 0 Å². The van der Waals surface area contributed by atoms with Gasteiger partial charge in [-0.25, -0.2) is 4.39 Å². The Morgan fingerprint density at radius 2 is 2.05 bits per heavy atom. The normalized spacial score (nSPS) is 13.1. The second-order valence-electron chi connectivity index (χ2n) is 4.84. The minimum atomic E-state index is -0.241. The van der Waals surface area contributed by atoms with Gasteiger partial charge in [0.25, 0.3) is 0 Å². The minimum absolute atomic E-state index is 0.0215. The van der Waals surface area contributed by atoms with Crippen LogP contribution in [0.25, 0.3) is 0 Å². The first-order chi connectivity index (χ1) is 10.1. The fourth-order valence-electron chi connectivity index (χ4n) is 2.06. The van der Waals surface area contributed by atoms with Crippen molar-refractivity contribution in [2.45, 2.75) is 19.5 Å². The van der Waals surface area contributed by atoms with E-state index >= 15 is 0 Å². The third-order valence-electron chi connectivity index (χ3n) is 3.29. The molecule has 0 spiro atoms. The van der Waals surface area contributed by atoms with Crippen LogP contribution in [0.2, 0.25) is 0 Å². The molecule has 0 saturated heterocycles. The molecule has 5 heteroatoms. The van der Waals surface area contributed by atoms with Gasteiger partial charge in [0.1, 0.15) is 5.82 Å². The van der Waals surface area contributed by atoms with Gasteiger partial charge in [0.2, 0.25) is 0 Å². The maximum Gasteiger partial charge on any atom is 0.170 e. The SMILES string of the molecule is C[C@H](NCc1cccc(/C(N)=N/O)c1)c1cccc(F)c1. The minimum Gasteiger partial charge on any atom is -0.409 e. The first kappa shape index (κ1) is 15.0. The average Bonchev–Trinajstić information content (AvgIpc) is 2.52. The molecule has 1 atom stereocenters. The summed E-state index contributed by atoms with van der Waals surface area (Å²) in [6.07, 6.45) is 0. The van der Waals surface area contributed by atoms with Gasteiger partial charge in [-0.3, -0.25) is 0 Å². The highest BCUT2D eigenvalue weighted by atomic mass is 19.1. The smallest absolute Gasteiger partial charge is 0.170 e. The van der Waals surface area contributed by atoms with Gasteiger partial charge in [-0.05, 0) is 36.2 Å². The number of hydrogen-bond donors (Lipinski definition) is 3. The van der Waals surface area contributed by atoms with Gasteiger partial charge in [0, 0.05) is 18.2 Å². The van der Waals surface area contributed by atoms with Crippen molar-refractivity contribution >= 4 is 5.84 Å². The molecule has 21 heavy (non-hydrogen) atoms. The molecule has 0 radical (unpaired) electrons. The number of nitrogens with zero attached hydrogens (tertiary/aromatic N) is 1. The Labute approximate surface area is 123 Å². The van der Waals surface area contributed by atoms with E-state index < -0.39 is 0 Å². The Morgan fingerprint density at radius 1 is 1.29 bits per heavy atom. The molecule has 2 aromatic carbocycles. The van der Waals surface area contributed by atoms with Crippen LogP contribution in [0, 0.1) is 5.82 Å². The zero-order valence-corrected chi connectivity index (χ0v) is 11.8. The molecule has 0 aliphatic heterocycles. The van der Waals surface area contributed by atoms with E-state index in [1.54, 1.807) is 12.1 Å². The van der Waals surface area contributed by atoms with Crippen LogP contribution in [0.1, 0.15) is 29.7 Å². The number of benzene rings is 2. The Morgan fingerprint density at radius 3 is 2.76 bits per heavy atom. The van der Waals surface area contributed by atoms with Gasteiger partial charge in [-0.15, -0.1) is 0 Å². The lowest BCUT2D eigenvalue weighted by Crippen LogP contribution is -2.19. The largest absolute Gasteiger partial charge is 0.409 e. The number of amidine groups is 1. The first-order valence-electron chi connectivity index (χ1n) is 6.66. The predicted molar refractivity (Wildman–Crippen MR) is 80.6 cm³/mol. The number of rotatable bonds is 5. The van der Waals surface area contributed by atoms with Crippen LogP contribution in [-0.4, -0.2) is 11.0 Å². The second-order valence-corrected chi connectivity index (χ2v) is 4.84. The van der Waals surface area contributed by atoms with Crippen molar-refractivity contribution in [1.82, 2.24) is 5.32 Å². The molecule has 0 aromatic heterocycles. The average molecular weight is 287 g/mol.